The topological polar surface area (TPSA) is 63.7 Å². The van der Waals surface area contributed by atoms with Crippen molar-refractivity contribution in [1.29, 1.82) is 0 Å². The van der Waals surface area contributed by atoms with Gasteiger partial charge in [0.25, 0.3) is 18.2 Å². The highest BCUT2D eigenvalue weighted by atomic mass is 19.3. The second kappa shape index (κ2) is 4.66. The predicted octanol–water partition coefficient (Wildman–Crippen LogP) is 2.03. The molecule has 1 aliphatic heterocycles. The minimum Gasteiger partial charge on any atom is -0.329 e. The molecule has 2 amide bonds. The zero-order chi connectivity index (χ0) is 15.1. The molecule has 0 atom stereocenters. The lowest BCUT2D eigenvalue weighted by molar-refractivity contribution is -0.187. The fourth-order valence-corrected chi connectivity index (χ4v) is 1.54. The number of nitrogens with zero attached hydrogens (tertiary/aromatic N) is 1. The molecule has 1 heterocycles. The van der Waals surface area contributed by atoms with E-state index in [-0.39, 0.29) is 16.2 Å². The molecule has 0 radical (unpaired) electrons. The summed E-state index contributed by atoms with van der Waals surface area (Å²) in [6.45, 7) is 1.94. The van der Waals surface area contributed by atoms with Gasteiger partial charge >= 0.3 is 5.97 Å². The number of fused-ring (bicyclic) bond motifs is 1. The maximum absolute atomic E-state index is 12.7. The van der Waals surface area contributed by atoms with E-state index in [9.17, 15) is 23.2 Å². The minimum absolute atomic E-state index is 0.0696. The molecule has 1 aliphatic rings. The number of benzene rings is 1. The third kappa shape index (κ3) is 2.04. The highest BCUT2D eigenvalue weighted by Crippen LogP contribution is 2.29. The Kier molecular flexibility index (Phi) is 3.29. The van der Waals surface area contributed by atoms with Gasteiger partial charge in [0.1, 0.15) is 5.41 Å². The minimum atomic E-state index is -2.98. The van der Waals surface area contributed by atoms with Gasteiger partial charge in [-0.25, -0.2) is 13.6 Å². The van der Waals surface area contributed by atoms with E-state index in [1.165, 1.54) is 12.1 Å². The number of alkyl halides is 2. The summed E-state index contributed by atoms with van der Waals surface area (Å²) < 4.78 is 25.4. The van der Waals surface area contributed by atoms with Crippen LogP contribution in [-0.4, -0.2) is 29.3 Å². The average molecular weight is 283 g/mol. The molecule has 0 unspecified atom stereocenters. The number of carbonyl (C=O) groups is 3. The number of hydrogen-bond acceptors (Lipinski definition) is 4. The second-order valence-electron chi connectivity index (χ2n) is 4.85. The summed E-state index contributed by atoms with van der Waals surface area (Å²) >= 11 is 0. The Hall–Kier alpha value is -2.31. The van der Waals surface area contributed by atoms with Crippen molar-refractivity contribution in [3.05, 3.63) is 35.4 Å². The first-order valence-corrected chi connectivity index (χ1v) is 5.75. The predicted molar refractivity (Wildman–Crippen MR) is 62.8 cm³/mol. The van der Waals surface area contributed by atoms with Gasteiger partial charge in [-0.3, -0.25) is 9.59 Å². The first-order valence-electron chi connectivity index (χ1n) is 5.75. The first kappa shape index (κ1) is 14.1. The van der Waals surface area contributed by atoms with Crippen LogP contribution in [0.1, 0.15) is 34.6 Å². The third-order valence-corrected chi connectivity index (χ3v) is 3.00. The maximum atomic E-state index is 12.7. The molecule has 0 fully saturated rings. The molecule has 0 spiro atoms. The van der Waals surface area contributed by atoms with Crippen LogP contribution in [0.15, 0.2) is 24.3 Å². The summed E-state index contributed by atoms with van der Waals surface area (Å²) in [6.07, 6.45) is -2.98. The normalized spacial score (nSPS) is 14.8. The Morgan fingerprint density at radius 1 is 1.15 bits per heavy atom. The van der Waals surface area contributed by atoms with Gasteiger partial charge in [0, 0.05) is 0 Å². The number of rotatable bonds is 3. The molecule has 1 aromatic rings. The number of amides is 2. The highest BCUT2D eigenvalue weighted by molar-refractivity contribution is 6.20. The van der Waals surface area contributed by atoms with Crippen LogP contribution in [0.25, 0.3) is 0 Å². The maximum Gasteiger partial charge on any atom is 0.344 e. The molecule has 20 heavy (non-hydrogen) atoms. The molecule has 5 nitrogen and oxygen atoms in total. The molecule has 0 saturated heterocycles. The van der Waals surface area contributed by atoms with Gasteiger partial charge in [-0.15, -0.1) is 0 Å². The lowest BCUT2D eigenvalue weighted by atomic mass is 9.95. The second-order valence-corrected chi connectivity index (χ2v) is 4.85. The monoisotopic (exact) mass is 283 g/mol. The molecule has 2 rings (SSSR count). The molecule has 0 aliphatic carbocycles. The fraction of sp³-hybridized carbons (Fsp3) is 0.308. The Morgan fingerprint density at radius 2 is 1.60 bits per heavy atom. The number of halogens is 2. The Balaban J connectivity index is 2.24. The van der Waals surface area contributed by atoms with Crippen molar-refractivity contribution in [3.8, 4) is 0 Å². The summed E-state index contributed by atoms with van der Waals surface area (Å²) in [6, 6.07) is 5.86. The lowest BCUT2D eigenvalue weighted by Crippen LogP contribution is -2.41. The van der Waals surface area contributed by atoms with E-state index < -0.39 is 29.6 Å². The van der Waals surface area contributed by atoms with Crippen LogP contribution in [0.2, 0.25) is 0 Å². The molecule has 7 heteroatoms. The van der Waals surface area contributed by atoms with Crippen LogP contribution in [0.3, 0.4) is 0 Å². The number of hydrogen-bond donors (Lipinski definition) is 0. The van der Waals surface area contributed by atoms with Crippen molar-refractivity contribution in [2.75, 3.05) is 0 Å². The van der Waals surface area contributed by atoms with Crippen molar-refractivity contribution < 1.29 is 28.0 Å². The average Bonchev–Trinajstić information content (AvgIpc) is 2.64. The first-order chi connectivity index (χ1) is 9.26. The number of hydroxylamine groups is 2. The van der Waals surface area contributed by atoms with Crippen molar-refractivity contribution in [2.24, 2.45) is 5.41 Å². The Labute approximate surface area is 113 Å². The molecular weight excluding hydrogens is 272 g/mol. The van der Waals surface area contributed by atoms with Gasteiger partial charge in [0.15, 0.2) is 0 Å². The smallest absolute Gasteiger partial charge is 0.329 e. The van der Waals surface area contributed by atoms with Crippen molar-refractivity contribution >= 4 is 17.8 Å². The van der Waals surface area contributed by atoms with Gasteiger partial charge < -0.3 is 4.84 Å². The van der Waals surface area contributed by atoms with Crippen LogP contribution in [0.5, 0.6) is 0 Å². The van der Waals surface area contributed by atoms with Crippen LogP contribution in [0.4, 0.5) is 8.78 Å². The molecule has 0 bridgehead atoms. The van der Waals surface area contributed by atoms with E-state index in [1.54, 1.807) is 12.1 Å². The van der Waals surface area contributed by atoms with Crippen LogP contribution < -0.4 is 0 Å². The SMILES string of the molecule is CC(C)(C(=O)ON1C(=O)c2ccccc2C1=O)C(F)F. The summed E-state index contributed by atoms with van der Waals surface area (Å²) in [5, 5.41) is 0.219. The van der Waals surface area contributed by atoms with Gasteiger partial charge in [0.05, 0.1) is 11.1 Å². The molecule has 0 N–H and O–H groups in total. The summed E-state index contributed by atoms with van der Waals surface area (Å²) in [7, 11) is 0. The van der Waals surface area contributed by atoms with E-state index in [0.29, 0.717) is 0 Å². The van der Waals surface area contributed by atoms with Crippen molar-refractivity contribution in [3.63, 3.8) is 0 Å². The van der Waals surface area contributed by atoms with E-state index in [1.807, 2.05) is 0 Å². The zero-order valence-corrected chi connectivity index (χ0v) is 10.7. The van der Waals surface area contributed by atoms with Crippen LogP contribution >= 0.6 is 0 Å². The molecule has 106 valence electrons. The van der Waals surface area contributed by atoms with Crippen LogP contribution in [0, 0.1) is 5.41 Å². The lowest BCUT2D eigenvalue weighted by Gasteiger charge is -2.23. The van der Waals surface area contributed by atoms with Gasteiger partial charge in [-0.05, 0) is 26.0 Å². The van der Waals surface area contributed by atoms with Crippen molar-refractivity contribution in [2.45, 2.75) is 20.3 Å². The number of imide groups is 1. The zero-order valence-electron chi connectivity index (χ0n) is 10.7. The van der Waals surface area contributed by atoms with Gasteiger partial charge in [-0.1, -0.05) is 17.2 Å². The molecule has 0 saturated carbocycles. The van der Waals surface area contributed by atoms with E-state index in [0.717, 1.165) is 13.8 Å². The number of carbonyl (C=O) groups excluding carboxylic acids is 3. The highest BCUT2D eigenvalue weighted by Gasteiger charge is 2.45. The fourth-order valence-electron chi connectivity index (χ4n) is 1.54. The molecule has 0 aromatic heterocycles. The van der Waals surface area contributed by atoms with E-state index >= 15 is 0 Å². The third-order valence-electron chi connectivity index (χ3n) is 3.00. The van der Waals surface area contributed by atoms with Gasteiger partial charge in [-0.2, -0.15) is 0 Å². The molecule has 1 aromatic carbocycles. The largest absolute Gasteiger partial charge is 0.344 e. The van der Waals surface area contributed by atoms with Crippen molar-refractivity contribution in [1.82, 2.24) is 5.06 Å². The summed E-state index contributed by atoms with van der Waals surface area (Å²) in [4.78, 5) is 40.0. The Morgan fingerprint density at radius 3 is 2.00 bits per heavy atom. The Bertz CT molecular complexity index is 563. The summed E-state index contributed by atoms with van der Waals surface area (Å²) in [5.74, 6) is -3.03. The van der Waals surface area contributed by atoms with Crippen LogP contribution in [-0.2, 0) is 9.63 Å². The van der Waals surface area contributed by atoms with E-state index in [2.05, 4.69) is 4.84 Å². The summed E-state index contributed by atoms with van der Waals surface area (Å²) in [5.41, 5.74) is -1.98. The standard InChI is InChI=1S/C13H11F2NO4/c1-13(2,11(14)15)12(19)20-16-9(17)7-5-3-4-6-8(7)10(16)18/h3-6,11H,1-2H3. The quantitative estimate of drug-likeness (QED) is 0.796. The molecular formula is C13H11F2NO4. The van der Waals surface area contributed by atoms with Gasteiger partial charge in [0.2, 0.25) is 0 Å². The van der Waals surface area contributed by atoms with E-state index in [4.69, 9.17) is 0 Å².